The van der Waals surface area contributed by atoms with Crippen molar-refractivity contribution in [3.8, 4) is 17.2 Å². The number of nitro groups is 1. The minimum absolute atomic E-state index is 0.0490. The lowest BCUT2D eigenvalue weighted by Crippen LogP contribution is -2.52. The summed E-state index contributed by atoms with van der Waals surface area (Å²) in [7, 11) is -4.17. The van der Waals surface area contributed by atoms with Gasteiger partial charge in [-0.15, -0.1) is 0 Å². The maximum Gasteiger partial charge on any atom is 0.269 e. The first-order chi connectivity index (χ1) is 21.5. The summed E-state index contributed by atoms with van der Waals surface area (Å²) in [4.78, 5) is 10.6. The zero-order valence-electron chi connectivity index (χ0n) is 25.4. The largest absolute Gasteiger partial charge is 0.485 e. The van der Waals surface area contributed by atoms with Crippen LogP contribution in [0.1, 0.15) is 50.8 Å². The number of hydrogen-bond donors (Lipinski definition) is 2. The Morgan fingerprint density at radius 1 is 0.978 bits per heavy atom. The molecule has 0 amide bonds. The molecule has 2 N–H and O–H groups in total. The number of fused-ring (bicyclic) bond motifs is 1. The molecule has 0 saturated carbocycles. The topological polar surface area (TPSA) is 131 Å². The van der Waals surface area contributed by atoms with Crippen LogP contribution in [0.4, 0.5) is 11.4 Å². The van der Waals surface area contributed by atoms with E-state index in [1.807, 2.05) is 50.2 Å². The van der Waals surface area contributed by atoms with Crippen LogP contribution in [0.3, 0.4) is 0 Å². The molecule has 45 heavy (non-hydrogen) atoms. The summed E-state index contributed by atoms with van der Waals surface area (Å²) in [5.74, 6) is 1.79. The Labute approximate surface area is 263 Å². The normalized spacial score (nSPS) is 17.2. The van der Waals surface area contributed by atoms with Crippen molar-refractivity contribution in [2.24, 2.45) is 0 Å². The predicted octanol–water partition coefficient (Wildman–Crippen LogP) is 6.75. The highest BCUT2D eigenvalue weighted by Crippen LogP contribution is 2.41. The van der Waals surface area contributed by atoms with Gasteiger partial charge in [0.05, 0.1) is 28.1 Å². The van der Waals surface area contributed by atoms with E-state index in [9.17, 15) is 23.6 Å². The van der Waals surface area contributed by atoms with Crippen LogP contribution in [-0.2, 0) is 16.6 Å². The first-order valence-electron chi connectivity index (χ1n) is 14.8. The monoisotopic (exact) mass is 631 g/mol. The van der Waals surface area contributed by atoms with Crippen molar-refractivity contribution in [2.75, 3.05) is 10.8 Å². The lowest BCUT2D eigenvalue weighted by Gasteiger charge is -2.42. The maximum absolute atomic E-state index is 14.1. The Bertz CT molecular complexity index is 1730. The fraction of sp³-hybridized carbons (Fsp3) is 0.294. The zero-order valence-corrected chi connectivity index (χ0v) is 26.2. The number of anilines is 1. The van der Waals surface area contributed by atoms with Gasteiger partial charge < -0.3 is 19.9 Å². The van der Waals surface area contributed by atoms with Crippen LogP contribution in [0.25, 0.3) is 0 Å². The molecule has 11 heteroatoms. The van der Waals surface area contributed by atoms with Crippen molar-refractivity contribution in [3.63, 3.8) is 0 Å². The summed E-state index contributed by atoms with van der Waals surface area (Å²) in [6.45, 7) is 6.43. The van der Waals surface area contributed by atoms with Crippen molar-refractivity contribution in [2.45, 2.75) is 62.8 Å². The van der Waals surface area contributed by atoms with Crippen LogP contribution in [0.15, 0.2) is 102 Å². The first kappa shape index (κ1) is 32.0. The molecule has 10 nitrogen and oxygen atoms in total. The Hall–Kier alpha value is -4.45. The Morgan fingerprint density at radius 2 is 1.64 bits per heavy atom. The van der Waals surface area contributed by atoms with E-state index in [0.717, 1.165) is 18.4 Å². The fourth-order valence-electron chi connectivity index (χ4n) is 5.26. The zero-order chi connectivity index (χ0) is 32.2. The second kappa shape index (κ2) is 13.3. The van der Waals surface area contributed by atoms with E-state index in [4.69, 9.17) is 9.47 Å². The second-order valence-electron chi connectivity index (χ2n) is 11.5. The van der Waals surface area contributed by atoms with E-state index in [0.29, 0.717) is 35.0 Å². The summed E-state index contributed by atoms with van der Waals surface area (Å²) >= 11 is 0. The van der Waals surface area contributed by atoms with Crippen LogP contribution < -0.4 is 19.1 Å². The standard InChI is InChI=1S/C34H37N3O7S/c1-4-5-21-35-32-30-22-24(11-20-31(30)44-34(2,3)33(32)38)23-36(45(41,42)29-18-14-26(15-19-29)37(39)40)25-12-16-28(17-13-25)43-27-9-7-6-8-10-27/h6-20,22,32-33,35,38H,4-5,21,23H2,1-3H3/t32-,33+/m0/s1. The smallest absolute Gasteiger partial charge is 0.269 e. The number of benzene rings is 4. The summed E-state index contributed by atoms with van der Waals surface area (Å²) < 4.78 is 41.5. The predicted molar refractivity (Wildman–Crippen MR) is 172 cm³/mol. The van der Waals surface area contributed by atoms with Gasteiger partial charge in [0.2, 0.25) is 0 Å². The molecule has 0 spiro atoms. The van der Waals surface area contributed by atoms with E-state index in [-0.39, 0.29) is 17.1 Å². The highest BCUT2D eigenvalue weighted by Gasteiger charge is 2.42. The van der Waals surface area contributed by atoms with Crippen LogP contribution in [-0.4, -0.2) is 36.7 Å². The van der Waals surface area contributed by atoms with Gasteiger partial charge in [-0.05, 0) is 93.0 Å². The number of nitrogens with zero attached hydrogens (tertiary/aromatic N) is 2. The molecule has 5 rings (SSSR count). The number of aliphatic hydroxyl groups is 1. The third kappa shape index (κ3) is 7.11. The van der Waals surface area contributed by atoms with E-state index in [1.54, 1.807) is 36.4 Å². The van der Waals surface area contributed by atoms with Gasteiger partial charge in [0, 0.05) is 17.7 Å². The Kier molecular flexibility index (Phi) is 9.42. The highest BCUT2D eigenvalue weighted by atomic mass is 32.2. The SMILES string of the molecule is CCCCN[C@H]1c2cc(CN(c3ccc(Oc4ccccc4)cc3)S(=O)(=O)c3ccc([N+](=O)[O-])cc3)ccc2OC(C)(C)[C@@H]1O. The van der Waals surface area contributed by atoms with Crippen molar-refractivity contribution in [1.29, 1.82) is 0 Å². The molecule has 4 aromatic rings. The lowest BCUT2D eigenvalue weighted by atomic mass is 9.85. The summed E-state index contributed by atoms with van der Waals surface area (Å²) in [6, 6.07) is 25.8. The third-order valence-electron chi connectivity index (χ3n) is 7.77. The van der Waals surface area contributed by atoms with E-state index in [1.165, 1.54) is 28.6 Å². The van der Waals surface area contributed by atoms with Gasteiger partial charge in [0.1, 0.15) is 29.0 Å². The average Bonchev–Trinajstić information content (AvgIpc) is 3.03. The Balaban J connectivity index is 1.51. The number of unbranched alkanes of at least 4 members (excludes halogenated alkanes) is 1. The number of rotatable bonds is 12. The highest BCUT2D eigenvalue weighted by molar-refractivity contribution is 7.92. The van der Waals surface area contributed by atoms with Gasteiger partial charge in [-0.2, -0.15) is 0 Å². The second-order valence-corrected chi connectivity index (χ2v) is 13.3. The number of nitrogens with one attached hydrogen (secondary N) is 1. The molecule has 1 aliphatic heterocycles. The molecular weight excluding hydrogens is 594 g/mol. The van der Waals surface area contributed by atoms with Crippen LogP contribution in [0.5, 0.6) is 17.2 Å². The molecule has 4 aromatic carbocycles. The number of non-ortho nitro benzene ring substituents is 1. The molecule has 0 aliphatic carbocycles. The van der Waals surface area contributed by atoms with Crippen molar-refractivity contribution < 1.29 is 27.9 Å². The fourth-order valence-corrected chi connectivity index (χ4v) is 6.71. The number of ether oxygens (including phenoxy) is 2. The van der Waals surface area contributed by atoms with Gasteiger partial charge in [0.25, 0.3) is 15.7 Å². The van der Waals surface area contributed by atoms with Crippen molar-refractivity contribution in [3.05, 3.63) is 118 Å². The van der Waals surface area contributed by atoms with E-state index < -0.39 is 32.7 Å². The van der Waals surface area contributed by atoms with E-state index in [2.05, 4.69) is 12.2 Å². The number of para-hydroxylation sites is 1. The number of hydrogen-bond acceptors (Lipinski definition) is 8. The molecule has 0 aromatic heterocycles. The minimum Gasteiger partial charge on any atom is -0.485 e. The van der Waals surface area contributed by atoms with Gasteiger partial charge in [-0.3, -0.25) is 14.4 Å². The molecule has 1 aliphatic rings. The van der Waals surface area contributed by atoms with Gasteiger partial charge in [-0.1, -0.05) is 37.6 Å². The van der Waals surface area contributed by atoms with Crippen LogP contribution in [0.2, 0.25) is 0 Å². The Morgan fingerprint density at radius 3 is 2.29 bits per heavy atom. The molecule has 1 heterocycles. The molecule has 236 valence electrons. The molecule has 2 atom stereocenters. The number of nitro benzene ring substituents is 1. The lowest BCUT2D eigenvalue weighted by molar-refractivity contribution is -0.384. The van der Waals surface area contributed by atoms with Gasteiger partial charge in [-0.25, -0.2) is 8.42 Å². The average molecular weight is 632 g/mol. The molecule has 0 saturated heterocycles. The third-order valence-corrected chi connectivity index (χ3v) is 9.56. The minimum atomic E-state index is -4.17. The molecule has 0 unspecified atom stereocenters. The summed E-state index contributed by atoms with van der Waals surface area (Å²) in [5.41, 5.74) is 0.756. The first-order valence-corrected chi connectivity index (χ1v) is 16.3. The van der Waals surface area contributed by atoms with Crippen LogP contribution >= 0.6 is 0 Å². The summed E-state index contributed by atoms with van der Waals surface area (Å²) in [5, 5.41) is 25.9. The van der Waals surface area contributed by atoms with Gasteiger partial charge >= 0.3 is 0 Å². The van der Waals surface area contributed by atoms with E-state index >= 15 is 0 Å². The van der Waals surface area contributed by atoms with Crippen LogP contribution in [0, 0.1) is 10.1 Å². The number of sulfonamides is 1. The molecule has 0 radical (unpaired) electrons. The summed E-state index contributed by atoms with van der Waals surface area (Å²) in [6.07, 6.45) is 1.09. The van der Waals surface area contributed by atoms with Crippen molar-refractivity contribution >= 4 is 21.4 Å². The maximum atomic E-state index is 14.1. The molecule has 0 fully saturated rings. The molecule has 0 bridgehead atoms. The van der Waals surface area contributed by atoms with Crippen molar-refractivity contribution in [1.82, 2.24) is 5.32 Å². The molecular formula is C34H37N3O7S. The van der Waals surface area contributed by atoms with Gasteiger partial charge in [0.15, 0.2) is 0 Å². The number of aliphatic hydroxyl groups excluding tert-OH is 1. The quantitative estimate of drug-likeness (QED) is 0.0998.